The van der Waals surface area contributed by atoms with Gasteiger partial charge in [0.1, 0.15) is 11.5 Å². The van der Waals surface area contributed by atoms with Crippen LogP contribution in [0, 0.1) is 0 Å². The molecule has 1 aliphatic rings. The van der Waals surface area contributed by atoms with Gasteiger partial charge in [-0.15, -0.1) is 0 Å². The molecule has 0 amide bonds. The van der Waals surface area contributed by atoms with Crippen LogP contribution in [0.15, 0.2) is 74.0 Å². The zero-order valence-corrected chi connectivity index (χ0v) is 24.5. The van der Waals surface area contributed by atoms with Crippen molar-refractivity contribution < 1.29 is 33.3 Å². The summed E-state index contributed by atoms with van der Waals surface area (Å²) in [7, 11) is 3.03. The van der Waals surface area contributed by atoms with E-state index in [4.69, 9.17) is 30.2 Å². The topological polar surface area (TPSA) is 130 Å². The van der Waals surface area contributed by atoms with Crippen molar-refractivity contribution in [2.24, 2.45) is 4.99 Å². The molecule has 0 saturated carbocycles. The number of methoxy groups -OCH3 is 2. The SMILES string of the molecule is CCOC(=O)C1=C(C)N=c2s/c(=C\c3ccc(-c4ccc(Cl)c(C(=O)O)c4)o3)c(=O)n2[C@@H]1c1ccc(OC)c(OC)c1. The van der Waals surface area contributed by atoms with Crippen LogP contribution in [-0.2, 0) is 9.53 Å². The van der Waals surface area contributed by atoms with E-state index in [2.05, 4.69) is 4.99 Å². The summed E-state index contributed by atoms with van der Waals surface area (Å²) in [6.07, 6.45) is 1.58. The summed E-state index contributed by atoms with van der Waals surface area (Å²) in [5, 5.41) is 9.51. The molecule has 1 aliphatic heterocycles. The second-order valence-electron chi connectivity index (χ2n) is 9.12. The number of halogens is 1. The number of benzene rings is 2. The minimum Gasteiger partial charge on any atom is -0.493 e. The first-order chi connectivity index (χ1) is 20.2. The number of rotatable bonds is 8. The largest absolute Gasteiger partial charge is 0.493 e. The molecule has 216 valence electrons. The number of carboxylic acids is 1. The maximum atomic E-state index is 13.9. The molecule has 1 atom stereocenters. The predicted octanol–water partition coefficient (Wildman–Crippen LogP) is 4.43. The Morgan fingerprint density at radius 1 is 1.12 bits per heavy atom. The van der Waals surface area contributed by atoms with E-state index in [-0.39, 0.29) is 28.3 Å². The molecule has 0 saturated heterocycles. The van der Waals surface area contributed by atoms with Crippen LogP contribution < -0.4 is 24.4 Å². The van der Waals surface area contributed by atoms with Crippen LogP contribution in [0.5, 0.6) is 11.5 Å². The molecule has 2 aromatic carbocycles. The molecule has 1 N–H and O–H groups in total. The van der Waals surface area contributed by atoms with Gasteiger partial charge in [0.05, 0.1) is 53.3 Å². The number of furan rings is 1. The van der Waals surface area contributed by atoms with Crippen molar-refractivity contribution in [1.29, 1.82) is 0 Å². The van der Waals surface area contributed by atoms with Gasteiger partial charge >= 0.3 is 11.9 Å². The number of esters is 1. The molecule has 4 aromatic rings. The number of aromatic nitrogens is 1. The third-order valence-electron chi connectivity index (χ3n) is 6.62. The van der Waals surface area contributed by atoms with Crippen LogP contribution >= 0.6 is 22.9 Å². The summed E-state index contributed by atoms with van der Waals surface area (Å²) in [6, 6.07) is 12.2. The van der Waals surface area contributed by atoms with E-state index in [1.54, 1.807) is 56.3 Å². The lowest BCUT2D eigenvalue weighted by molar-refractivity contribution is -0.139. The Kier molecular flexibility index (Phi) is 8.06. The van der Waals surface area contributed by atoms with Crippen molar-refractivity contribution in [3.63, 3.8) is 0 Å². The number of ether oxygens (including phenoxy) is 3. The molecule has 0 fully saturated rings. The molecular weight excluding hydrogens is 584 g/mol. The average molecular weight is 609 g/mol. The van der Waals surface area contributed by atoms with Crippen molar-refractivity contribution in [3.05, 3.63) is 101 Å². The maximum absolute atomic E-state index is 13.9. The van der Waals surface area contributed by atoms with Gasteiger partial charge < -0.3 is 23.7 Å². The summed E-state index contributed by atoms with van der Waals surface area (Å²) in [5.74, 6) is -0.0328. The normalized spacial score (nSPS) is 14.8. The van der Waals surface area contributed by atoms with Gasteiger partial charge in [0.2, 0.25) is 0 Å². The molecule has 0 bridgehead atoms. The molecule has 0 radical (unpaired) electrons. The Balaban J connectivity index is 1.63. The summed E-state index contributed by atoms with van der Waals surface area (Å²) >= 11 is 7.14. The fourth-order valence-corrected chi connectivity index (χ4v) is 5.91. The lowest BCUT2D eigenvalue weighted by Gasteiger charge is -2.25. The molecule has 0 spiro atoms. The quantitative estimate of drug-likeness (QED) is 0.291. The number of aromatic carboxylic acids is 1. The molecule has 5 rings (SSSR count). The van der Waals surface area contributed by atoms with Crippen LogP contribution in [0.2, 0.25) is 5.02 Å². The van der Waals surface area contributed by atoms with E-state index < -0.39 is 18.0 Å². The standard InChI is InChI=1S/C30H25ClN2O8S/c1-5-40-29(37)25-15(2)32-30-33(26(25)17-7-10-22(38-3)23(13-17)39-4)27(34)24(42-30)14-18-8-11-21(41-18)16-6-9-20(31)19(12-16)28(35)36/h6-14,26H,5H2,1-4H3,(H,35,36)/b24-14-/t26-/m1/s1. The molecule has 2 aromatic heterocycles. The maximum Gasteiger partial charge on any atom is 0.338 e. The van der Waals surface area contributed by atoms with Gasteiger partial charge in [-0.2, -0.15) is 0 Å². The highest BCUT2D eigenvalue weighted by Crippen LogP contribution is 2.36. The van der Waals surface area contributed by atoms with Gasteiger partial charge in [-0.1, -0.05) is 29.0 Å². The molecule has 0 unspecified atom stereocenters. The first-order valence-corrected chi connectivity index (χ1v) is 13.9. The first kappa shape index (κ1) is 28.9. The Morgan fingerprint density at radius 2 is 1.88 bits per heavy atom. The summed E-state index contributed by atoms with van der Waals surface area (Å²) in [4.78, 5) is 43.5. The first-order valence-electron chi connectivity index (χ1n) is 12.7. The Bertz CT molecular complexity index is 1930. The van der Waals surface area contributed by atoms with Gasteiger partial charge in [-0.25, -0.2) is 14.6 Å². The van der Waals surface area contributed by atoms with E-state index in [0.29, 0.717) is 49.2 Å². The van der Waals surface area contributed by atoms with E-state index in [1.165, 1.54) is 30.9 Å². The van der Waals surface area contributed by atoms with Crippen LogP contribution in [0.3, 0.4) is 0 Å². The van der Waals surface area contributed by atoms with Gasteiger partial charge in [0.25, 0.3) is 5.56 Å². The fraction of sp³-hybridized carbons (Fsp3) is 0.200. The second kappa shape index (κ2) is 11.7. The van der Waals surface area contributed by atoms with E-state index in [0.717, 1.165) is 11.3 Å². The van der Waals surface area contributed by atoms with Crippen molar-refractivity contribution in [1.82, 2.24) is 4.57 Å². The monoisotopic (exact) mass is 608 g/mol. The minimum absolute atomic E-state index is 0.0524. The van der Waals surface area contributed by atoms with Crippen LogP contribution in [0.1, 0.15) is 41.6 Å². The lowest BCUT2D eigenvalue weighted by Crippen LogP contribution is -2.39. The zero-order valence-electron chi connectivity index (χ0n) is 23.0. The average Bonchev–Trinajstić information content (AvgIpc) is 3.56. The molecule has 12 heteroatoms. The summed E-state index contributed by atoms with van der Waals surface area (Å²) in [6.45, 7) is 3.56. The van der Waals surface area contributed by atoms with Crippen molar-refractivity contribution in [2.45, 2.75) is 19.9 Å². The number of carbonyl (C=O) groups excluding carboxylic acids is 1. The zero-order chi connectivity index (χ0) is 30.1. The van der Waals surface area contributed by atoms with Crippen molar-refractivity contribution >= 4 is 41.0 Å². The van der Waals surface area contributed by atoms with E-state index in [1.807, 2.05) is 0 Å². The number of carbonyl (C=O) groups is 2. The van der Waals surface area contributed by atoms with Crippen molar-refractivity contribution in [3.8, 4) is 22.8 Å². The number of fused-ring (bicyclic) bond motifs is 1. The Labute approximate surface area is 248 Å². The predicted molar refractivity (Wildman–Crippen MR) is 156 cm³/mol. The lowest BCUT2D eigenvalue weighted by atomic mass is 9.95. The van der Waals surface area contributed by atoms with Crippen molar-refractivity contribution in [2.75, 3.05) is 20.8 Å². The highest BCUT2D eigenvalue weighted by molar-refractivity contribution is 7.07. The van der Waals surface area contributed by atoms with Crippen LogP contribution in [0.25, 0.3) is 17.4 Å². The van der Waals surface area contributed by atoms with Gasteiger partial charge in [0, 0.05) is 11.6 Å². The number of carboxylic acid groups (broad SMARTS) is 1. The molecule has 0 aliphatic carbocycles. The number of allylic oxidation sites excluding steroid dienone is 1. The molecule has 42 heavy (non-hydrogen) atoms. The van der Waals surface area contributed by atoms with E-state index in [9.17, 15) is 19.5 Å². The smallest absolute Gasteiger partial charge is 0.338 e. The Hall–Kier alpha value is -4.61. The number of hydrogen-bond donors (Lipinski definition) is 1. The Morgan fingerprint density at radius 3 is 2.57 bits per heavy atom. The fourth-order valence-electron chi connectivity index (χ4n) is 4.69. The number of thiazole rings is 1. The number of hydrogen-bond acceptors (Lipinski definition) is 9. The van der Waals surface area contributed by atoms with Gasteiger partial charge in [-0.05, 0) is 61.9 Å². The molecule has 10 nitrogen and oxygen atoms in total. The third-order valence-corrected chi connectivity index (χ3v) is 7.93. The van der Waals surface area contributed by atoms with E-state index >= 15 is 0 Å². The highest BCUT2D eigenvalue weighted by Gasteiger charge is 2.34. The highest BCUT2D eigenvalue weighted by atomic mass is 35.5. The third kappa shape index (κ3) is 5.24. The number of nitrogens with zero attached hydrogens (tertiary/aromatic N) is 2. The summed E-state index contributed by atoms with van der Waals surface area (Å²) in [5.41, 5.74) is 1.35. The molecule has 3 heterocycles. The second-order valence-corrected chi connectivity index (χ2v) is 10.5. The molecular formula is C30H25ClN2O8S. The summed E-state index contributed by atoms with van der Waals surface area (Å²) < 4.78 is 23.9. The minimum atomic E-state index is -1.16. The van der Waals surface area contributed by atoms with Gasteiger partial charge in [-0.3, -0.25) is 9.36 Å². The van der Waals surface area contributed by atoms with Crippen LogP contribution in [-0.4, -0.2) is 42.4 Å². The van der Waals surface area contributed by atoms with Crippen LogP contribution in [0.4, 0.5) is 0 Å². The van der Waals surface area contributed by atoms with Gasteiger partial charge in [0.15, 0.2) is 16.3 Å².